The van der Waals surface area contributed by atoms with Gasteiger partial charge in [-0.2, -0.15) is 0 Å². The Kier molecular flexibility index (Phi) is 3.47. The lowest BCUT2D eigenvalue weighted by Gasteiger charge is -2.08. The molecule has 3 nitrogen and oxygen atoms in total. The summed E-state index contributed by atoms with van der Waals surface area (Å²) in [5.41, 5.74) is 3.46. The number of rotatable bonds is 2. The molecule has 116 valence electrons. The Labute approximate surface area is 139 Å². The van der Waals surface area contributed by atoms with E-state index in [2.05, 4.69) is 4.98 Å². The molecule has 0 aliphatic rings. The summed E-state index contributed by atoms with van der Waals surface area (Å²) in [7, 11) is 0. The molecule has 0 saturated carbocycles. The first kappa shape index (κ1) is 14.4. The van der Waals surface area contributed by atoms with Gasteiger partial charge in [-0.05, 0) is 36.8 Å². The largest absolute Gasteiger partial charge is 0.423 e. The minimum absolute atomic E-state index is 0.345. The minimum Gasteiger partial charge on any atom is -0.423 e. The maximum absolute atomic E-state index is 12.9. The van der Waals surface area contributed by atoms with Gasteiger partial charge in [-0.1, -0.05) is 36.4 Å². The summed E-state index contributed by atoms with van der Waals surface area (Å²) in [5, 5.41) is 1.71. The zero-order chi connectivity index (χ0) is 16.5. The molecule has 1 N–H and O–H groups in total. The van der Waals surface area contributed by atoms with Crippen molar-refractivity contribution < 1.29 is 14.5 Å². The summed E-state index contributed by atoms with van der Waals surface area (Å²) >= 11 is 0. The van der Waals surface area contributed by atoms with E-state index in [0.29, 0.717) is 11.3 Å². The Morgan fingerprint density at radius 1 is 0.833 bits per heavy atom. The van der Waals surface area contributed by atoms with E-state index in [1.54, 1.807) is 6.07 Å². The van der Waals surface area contributed by atoms with Gasteiger partial charge in [-0.25, -0.2) is 9.78 Å². The van der Waals surface area contributed by atoms with Gasteiger partial charge in [-0.3, -0.25) is 0 Å². The van der Waals surface area contributed by atoms with Gasteiger partial charge in [-0.15, -0.1) is 0 Å². The molecule has 0 atom stereocenters. The number of carbonyl (C=O) groups excluding carboxylic acids is 1. The number of pyridine rings is 1. The Morgan fingerprint density at radius 2 is 1.46 bits per heavy atom. The molecule has 1 heterocycles. The second-order valence-electron chi connectivity index (χ2n) is 5.80. The number of esters is 1. The number of aryl methyl sites for hydroxylation is 1. The highest BCUT2D eigenvalue weighted by atomic mass is 16.5. The van der Waals surface area contributed by atoms with Gasteiger partial charge in [0.05, 0.1) is 16.3 Å². The van der Waals surface area contributed by atoms with Crippen LogP contribution in [-0.4, -0.2) is 5.97 Å². The minimum atomic E-state index is -0.345. The molecule has 24 heavy (non-hydrogen) atoms. The summed E-state index contributed by atoms with van der Waals surface area (Å²) in [4.78, 5) is 16.3. The SMILES string of the molecule is Cc1cccc(OC(=O)c2c3ccccc3[nH+]c3ccccc23)c1. The maximum Gasteiger partial charge on any atom is 0.345 e. The van der Waals surface area contributed by atoms with E-state index >= 15 is 0 Å². The van der Waals surface area contributed by atoms with Crippen LogP contribution in [0.2, 0.25) is 0 Å². The summed E-state index contributed by atoms with van der Waals surface area (Å²) in [6.07, 6.45) is 0. The van der Waals surface area contributed by atoms with Crippen molar-refractivity contribution in [1.82, 2.24) is 0 Å². The van der Waals surface area contributed by atoms with Crippen molar-refractivity contribution in [2.24, 2.45) is 0 Å². The van der Waals surface area contributed by atoms with Crippen molar-refractivity contribution in [2.75, 3.05) is 0 Å². The highest BCUT2D eigenvalue weighted by molar-refractivity contribution is 6.13. The molecule has 3 heteroatoms. The Balaban J connectivity index is 1.91. The first-order valence-corrected chi connectivity index (χ1v) is 7.84. The Morgan fingerprint density at radius 3 is 2.08 bits per heavy atom. The number of carbonyl (C=O) groups is 1. The molecule has 0 radical (unpaired) electrons. The molecule has 0 aliphatic heterocycles. The number of fused-ring (bicyclic) bond motifs is 2. The molecular formula is C21H16NO2+. The molecule has 0 aliphatic carbocycles. The number of aromatic nitrogens is 1. The maximum atomic E-state index is 12.9. The third kappa shape index (κ3) is 2.50. The fourth-order valence-corrected chi connectivity index (χ4v) is 2.97. The number of nitrogens with one attached hydrogen (secondary N) is 1. The van der Waals surface area contributed by atoms with Crippen molar-refractivity contribution in [3.63, 3.8) is 0 Å². The van der Waals surface area contributed by atoms with Crippen molar-refractivity contribution in [3.05, 3.63) is 83.9 Å². The first-order valence-electron chi connectivity index (χ1n) is 7.84. The molecule has 0 fully saturated rings. The number of aromatic amines is 1. The third-order valence-electron chi connectivity index (χ3n) is 4.07. The predicted molar refractivity (Wildman–Crippen MR) is 94.1 cm³/mol. The van der Waals surface area contributed by atoms with Crippen LogP contribution in [0.25, 0.3) is 21.8 Å². The van der Waals surface area contributed by atoms with Gasteiger partial charge in [0.2, 0.25) is 11.0 Å². The van der Waals surface area contributed by atoms with Gasteiger partial charge in [0.15, 0.2) is 0 Å². The first-order chi connectivity index (χ1) is 11.7. The Hall–Kier alpha value is -3.20. The standard InChI is InChI=1S/C21H15NO2/c1-14-7-6-8-15(13-14)24-21(23)20-16-9-2-4-11-18(16)22-19-12-5-3-10-17(19)20/h2-13H,1H3/p+1. The van der Waals surface area contributed by atoms with Crippen LogP contribution in [0.3, 0.4) is 0 Å². The zero-order valence-electron chi connectivity index (χ0n) is 13.2. The number of hydrogen-bond acceptors (Lipinski definition) is 2. The van der Waals surface area contributed by atoms with Crippen LogP contribution >= 0.6 is 0 Å². The normalized spacial score (nSPS) is 10.9. The van der Waals surface area contributed by atoms with Gasteiger partial charge in [0.1, 0.15) is 5.75 Å². The molecule has 3 aromatic carbocycles. The number of hydrogen-bond donors (Lipinski definition) is 0. The van der Waals surface area contributed by atoms with Crippen LogP contribution in [0.15, 0.2) is 72.8 Å². The molecule has 0 saturated heterocycles. The second-order valence-corrected chi connectivity index (χ2v) is 5.80. The highest BCUT2D eigenvalue weighted by Gasteiger charge is 2.21. The lowest BCUT2D eigenvalue weighted by molar-refractivity contribution is -0.310. The Bertz CT molecular complexity index is 1020. The van der Waals surface area contributed by atoms with Crippen molar-refractivity contribution in [1.29, 1.82) is 0 Å². The van der Waals surface area contributed by atoms with E-state index < -0.39 is 0 Å². The van der Waals surface area contributed by atoms with E-state index in [9.17, 15) is 4.79 Å². The molecule has 0 amide bonds. The second kappa shape index (κ2) is 5.78. The predicted octanol–water partition coefficient (Wildman–Crippen LogP) is 4.33. The van der Waals surface area contributed by atoms with Crippen molar-refractivity contribution >= 4 is 27.8 Å². The van der Waals surface area contributed by atoms with Gasteiger partial charge in [0, 0.05) is 12.1 Å². The van der Waals surface area contributed by atoms with Crippen LogP contribution in [0.1, 0.15) is 15.9 Å². The average molecular weight is 314 g/mol. The summed E-state index contributed by atoms with van der Waals surface area (Å²) < 4.78 is 5.64. The van der Waals surface area contributed by atoms with E-state index in [1.807, 2.05) is 73.7 Å². The molecule has 1 aromatic heterocycles. The summed E-state index contributed by atoms with van der Waals surface area (Å²) in [5.74, 6) is 0.211. The average Bonchev–Trinajstić information content (AvgIpc) is 2.59. The van der Waals surface area contributed by atoms with Crippen molar-refractivity contribution in [2.45, 2.75) is 6.92 Å². The van der Waals surface area contributed by atoms with E-state index in [-0.39, 0.29) is 5.97 Å². The molecule has 0 unspecified atom stereocenters. The molecule has 0 bridgehead atoms. The molecule has 0 spiro atoms. The van der Waals surface area contributed by atoms with Crippen LogP contribution in [0, 0.1) is 6.92 Å². The smallest absolute Gasteiger partial charge is 0.345 e. The summed E-state index contributed by atoms with van der Waals surface area (Å²) in [6.45, 7) is 1.97. The van der Waals surface area contributed by atoms with Gasteiger partial charge < -0.3 is 4.74 Å². The lowest BCUT2D eigenvalue weighted by atomic mass is 10.0. The summed E-state index contributed by atoms with van der Waals surface area (Å²) in [6, 6.07) is 23.1. The van der Waals surface area contributed by atoms with Crippen LogP contribution in [-0.2, 0) is 0 Å². The lowest BCUT2D eigenvalue weighted by Crippen LogP contribution is -2.15. The topological polar surface area (TPSA) is 40.4 Å². The van der Waals surface area contributed by atoms with Crippen LogP contribution in [0.5, 0.6) is 5.75 Å². The van der Waals surface area contributed by atoms with Gasteiger partial charge in [0.25, 0.3) is 0 Å². The number of ether oxygens (including phenoxy) is 1. The van der Waals surface area contributed by atoms with E-state index in [4.69, 9.17) is 4.74 Å². The fraction of sp³-hybridized carbons (Fsp3) is 0.0476. The van der Waals surface area contributed by atoms with E-state index in [1.165, 1.54) is 0 Å². The van der Waals surface area contributed by atoms with E-state index in [0.717, 1.165) is 27.4 Å². The van der Waals surface area contributed by atoms with Crippen molar-refractivity contribution in [3.8, 4) is 5.75 Å². The number of H-pyrrole nitrogens is 1. The van der Waals surface area contributed by atoms with Gasteiger partial charge >= 0.3 is 5.97 Å². The van der Waals surface area contributed by atoms with Crippen LogP contribution < -0.4 is 9.72 Å². The van der Waals surface area contributed by atoms with Crippen LogP contribution in [0.4, 0.5) is 0 Å². The molecule has 4 rings (SSSR count). The number of benzene rings is 3. The highest BCUT2D eigenvalue weighted by Crippen LogP contribution is 2.25. The quantitative estimate of drug-likeness (QED) is 0.314. The third-order valence-corrected chi connectivity index (χ3v) is 4.07. The fourth-order valence-electron chi connectivity index (χ4n) is 2.97. The monoisotopic (exact) mass is 314 g/mol. The zero-order valence-corrected chi connectivity index (χ0v) is 13.2. The molecule has 4 aromatic rings. The number of para-hydroxylation sites is 2. The molecular weight excluding hydrogens is 298 g/mol.